The van der Waals surface area contributed by atoms with Crippen molar-refractivity contribution in [3.63, 3.8) is 0 Å². The molecule has 3 aromatic carbocycles. The lowest BCUT2D eigenvalue weighted by Gasteiger charge is -2.19. The highest BCUT2D eigenvalue weighted by atomic mass is 32.2. The molecule has 0 saturated carbocycles. The Labute approximate surface area is 183 Å². The minimum Gasteiger partial charge on any atom is -0.495 e. The lowest BCUT2D eigenvalue weighted by atomic mass is 10.1. The molecule has 0 aliphatic carbocycles. The summed E-state index contributed by atoms with van der Waals surface area (Å²) in [6, 6.07) is 19.3. The first-order chi connectivity index (χ1) is 14.7. The molecule has 0 aromatic heterocycles. The summed E-state index contributed by atoms with van der Waals surface area (Å²) in [4.78, 5) is 14.4. The van der Waals surface area contributed by atoms with Gasteiger partial charge < -0.3 is 9.64 Å². The van der Waals surface area contributed by atoms with Crippen LogP contribution in [-0.4, -0.2) is 33.4 Å². The van der Waals surface area contributed by atoms with Crippen molar-refractivity contribution in [1.82, 2.24) is 4.90 Å². The van der Waals surface area contributed by atoms with Crippen LogP contribution in [0.25, 0.3) is 0 Å². The summed E-state index contributed by atoms with van der Waals surface area (Å²) in [5, 5.41) is 0. The van der Waals surface area contributed by atoms with Crippen molar-refractivity contribution in [2.75, 3.05) is 18.9 Å². The molecule has 0 atom stereocenters. The first-order valence-corrected chi connectivity index (χ1v) is 11.3. The number of anilines is 1. The van der Waals surface area contributed by atoms with Gasteiger partial charge in [0.2, 0.25) is 0 Å². The van der Waals surface area contributed by atoms with E-state index in [0.717, 1.165) is 16.7 Å². The van der Waals surface area contributed by atoms with E-state index in [1.54, 1.807) is 30.1 Å². The quantitative estimate of drug-likeness (QED) is 0.594. The van der Waals surface area contributed by atoms with Gasteiger partial charge in [-0.25, -0.2) is 8.42 Å². The second kappa shape index (κ2) is 9.22. The zero-order chi connectivity index (χ0) is 22.6. The van der Waals surface area contributed by atoms with Gasteiger partial charge in [0.05, 0.1) is 7.11 Å². The molecule has 1 N–H and O–H groups in total. The number of sulfonamides is 1. The van der Waals surface area contributed by atoms with Crippen LogP contribution in [0.4, 0.5) is 5.69 Å². The average molecular weight is 439 g/mol. The molecule has 0 aliphatic rings. The normalized spacial score (nSPS) is 11.1. The van der Waals surface area contributed by atoms with Crippen molar-refractivity contribution >= 4 is 21.6 Å². The Hall–Kier alpha value is -3.32. The first-order valence-electron chi connectivity index (χ1n) is 9.78. The Morgan fingerprint density at radius 2 is 1.52 bits per heavy atom. The predicted molar refractivity (Wildman–Crippen MR) is 122 cm³/mol. The van der Waals surface area contributed by atoms with Crippen LogP contribution in [0.2, 0.25) is 0 Å². The molecule has 0 aliphatic heterocycles. The van der Waals surface area contributed by atoms with Crippen LogP contribution in [0, 0.1) is 13.8 Å². The van der Waals surface area contributed by atoms with Crippen molar-refractivity contribution in [3.05, 3.63) is 89.0 Å². The average Bonchev–Trinajstić information content (AvgIpc) is 2.75. The van der Waals surface area contributed by atoms with Gasteiger partial charge in [0.1, 0.15) is 10.6 Å². The molecule has 6 nitrogen and oxygen atoms in total. The molecule has 7 heteroatoms. The summed E-state index contributed by atoms with van der Waals surface area (Å²) in [5.74, 6) is -0.118. The van der Waals surface area contributed by atoms with E-state index in [9.17, 15) is 13.2 Å². The molecule has 3 rings (SSSR count). The third-order valence-corrected chi connectivity index (χ3v) is 6.29. The van der Waals surface area contributed by atoms with Gasteiger partial charge in [-0.2, -0.15) is 0 Å². The van der Waals surface area contributed by atoms with Gasteiger partial charge in [0.25, 0.3) is 15.9 Å². The van der Waals surface area contributed by atoms with Crippen molar-refractivity contribution in [1.29, 1.82) is 0 Å². The molecular formula is C24H26N2O4S. The highest BCUT2D eigenvalue weighted by Crippen LogP contribution is 2.28. The number of aryl methyl sites for hydroxylation is 2. The molecule has 3 aromatic rings. The van der Waals surface area contributed by atoms with E-state index in [4.69, 9.17) is 4.74 Å². The highest BCUT2D eigenvalue weighted by molar-refractivity contribution is 7.92. The number of benzene rings is 3. The fourth-order valence-electron chi connectivity index (χ4n) is 3.11. The van der Waals surface area contributed by atoms with Crippen LogP contribution < -0.4 is 9.46 Å². The Kier molecular flexibility index (Phi) is 6.65. The van der Waals surface area contributed by atoms with Crippen molar-refractivity contribution in [2.24, 2.45) is 0 Å². The molecule has 31 heavy (non-hydrogen) atoms. The zero-order valence-electron chi connectivity index (χ0n) is 18.0. The topological polar surface area (TPSA) is 75.7 Å². The molecule has 0 fully saturated rings. The summed E-state index contributed by atoms with van der Waals surface area (Å²) in [7, 11) is -0.880. The van der Waals surface area contributed by atoms with E-state index in [0.29, 0.717) is 12.2 Å². The Bertz CT molecular complexity index is 1170. The third kappa shape index (κ3) is 5.44. The smallest absolute Gasteiger partial charge is 0.265 e. The molecule has 0 saturated heterocycles. The fourth-order valence-corrected chi connectivity index (χ4v) is 4.37. The Balaban J connectivity index is 1.87. The van der Waals surface area contributed by atoms with E-state index in [2.05, 4.69) is 4.72 Å². The zero-order valence-corrected chi connectivity index (χ0v) is 18.9. The van der Waals surface area contributed by atoms with Crippen LogP contribution in [0.5, 0.6) is 5.75 Å². The molecule has 0 unspecified atom stereocenters. The largest absolute Gasteiger partial charge is 0.495 e. The van der Waals surface area contributed by atoms with Gasteiger partial charge in [-0.3, -0.25) is 9.52 Å². The van der Waals surface area contributed by atoms with Crippen molar-refractivity contribution in [3.8, 4) is 5.75 Å². The SMILES string of the molecule is COc1ccc(C(=O)N(C)Cc2ccc(C)cc2)cc1S(=O)(=O)Nc1ccc(C)cc1. The standard InChI is InChI=1S/C24H26N2O4S/c1-17-5-9-19(10-6-17)16-26(3)24(27)20-11-14-22(30-4)23(15-20)31(28,29)25-21-12-7-18(2)8-13-21/h5-15,25H,16H2,1-4H3. The fraction of sp³-hybridized carbons (Fsp3) is 0.208. The lowest BCUT2D eigenvalue weighted by molar-refractivity contribution is 0.0785. The maximum absolute atomic E-state index is 13.0. The molecule has 162 valence electrons. The number of hydrogen-bond donors (Lipinski definition) is 1. The van der Waals surface area contributed by atoms with E-state index >= 15 is 0 Å². The van der Waals surface area contributed by atoms with Crippen LogP contribution in [-0.2, 0) is 16.6 Å². The van der Waals surface area contributed by atoms with Crippen molar-refractivity contribution in [2.45, 2.75) is 25.3 Å². The Morgan fingerprint density at radius 1 is 0.935 bits per heavy atom. The minimum absolute atomic E-state index is 0.0924. The monoisotopic (exact) mass is 438 g/mol. The predicted octanol–water partition coefficient (Wildman–Crippen LogP) is 4.39. The van der Waals surface area contributed by atoms with Gasteiger partial charge in [-0.05, 0) is 49.7 Å². The van der Waals surface area contributed by atoms with E-state index < -0.39 is 10.0 Å². The van der Waals surface area contributed by atoms with Gasteiger partial charge in [0, 0.05) is 24.8 Å². The molecular weight excluding hydrogens is 412 g/mol. The van der Waals surface area contributed by atoms with Crippen LogP contribution in [0.3, 0.4) is 0 Å². The van der Waals surface area contributed by atoms with Crippen LogP contribution in [0.15, 0.2) is 71.6 Å². The van der Waals surface area contributed by atoms with Gasteiger partial charge in [0.15, 0.2) is 0 Å². The third-order valence-electron chi connectivity index (χ3n) is 4.89. The van der Waals surface area contributed by atoms with Gasteiger partial charge in [-0.1, -0.05) is 47.5 Å². The number of amides is 1. The minimum atomic E-state index is -3.96. The van der Waals surface area contributed by atoms with Crippen LogP contribution in [0.1, 0.15) is 27.0 Å². The number of hydrogen-bond acceptors (Lipinski definition) is 4. The second-order valence-electron chi connectivity index (χ2n) is 7.48. The summed E-state index contributed by atoms with van der Waals surface area (Å²) < 4.78 is 33.8. The number of nitrogens with zero attached hydrogens (tertiary/aromatic N) is 1. The van der Waals surface area contributed by atoms with Gasteiger partial charge >= 0.3 is 0 Å². The first kappa shape index (κ1) is 22.4. The van der Waals surface area contributed by atoms with Crippen molar-refractivity contribution < 1.29 is 17.9 Å². The number of rotatable bonds is 7. The van der Waals surface area contributed by atoms with E-state index in [1.165, 1.54) is 19.2 Å². The number of nitrogens with one attached hydrogen (secondary N) is 1. The Morgan fingerprint density at radius 3 is 2.10 bits per heavy atom. The lowest BCUT2D eigenvalue weighted by Crippen LogP contribution is -2.26. The number of methoxy groups -OCH3 is 1. The molecule has 1 amide bonds. The molecule has 0 radical (unpaired) electrons. The summed E-state index contributed by atoms with van der Waals surface area (Å²) in [6.45, 7) is 4.33. The summed E-state index contributed by atoms with van der Waals surface area (Å²) in [6.07, 6.45) is 0. The van der Waals surface area contributed by atoms with E-state index in [1.807, 2.05) is 50.2 Å². The summed E-state index contributed by atoms with van der Waals surface area (Å²) >= 11 is 0. The number of carbonyl (C=O) groups is 1. The van der Waals surface area contributed by atoms with E-state index in [-0.39, 0.29) is 22.1 Å². The molecule has 0 spiro atoms. The maximum Gasteiger partial charge on any atom is 0.265 e. The number of carbonyl (C=O) groups excluding carboxylic acids is 1. The maximum atomic E-state index is 13.0. The highest BCUT2D eigenvalue weighted by Gasteiger charge is 2.23. The molecule has 0 heterocycles. The van der Waals surface area contributed by atoms with Crippen LogP contribution >= 0.6 is 0 Å². The summed E-state index contributed by atoms with van der Waals surface area (Å²) in [5.41, 5.74) is 3.85. The molecule has 0 bridgehead atoms. The number of ether oxygens (including phenoxy) is 1. The second-order valence-corrected chi connectivity index (χ2v) is 9.13. The van der Waals surface area contributed by atoms with Gasteiger partial charge in [-0.15, -0.1) is 0 Å².